The predicted molar refractivity (Wildman–Crippen MR) is 80.2 cm³/mol. The normalized spacial score (nSPS) is 16.9. The zero-order valence-electron chi connectivity index (χ0n) is 11.8. The predicted octanol–water partition coefficient (Wildman–Crippen LogP) is 2.32. The molecule has 0 aromatic heterocycles. The standard InChI is InChI=1S/C15H21ClN2O2/c1-2-18-9-7-12(8-10-18)17-15(19)11-20-14-6-4-3-5-13(14)16/h3-6,12H,2,7-11H2,1H3,(H,17,19). The first-order valence-corrected chi connectivity index (χ1v) is 7.46. The number of nitrogens with one attached hydrogen (secondary N) is 1. The summed E-state index contributed by atoms with van der Waals surface area (Å²) in [5.41, 5.74) is 0. The largest absolute Gasteiger partial charge is 0.482 e. The first kappa shape index (κ1) is 15.1. The lowest BCUT2D eigenvalue weighted by Crippen LogP contribution is -2.45. The van der Waals surface area contributed by atoms with Crippen LogP contribution < -0.4 is 10.1 Å². The maximum atomic E-state index is 11.9. The number of nitrogens with zero attached hydrogens (tertiary/aromatic N) is 1. The molecule has 1 aromatic rings. The van der Waals surface area contributed by atoms with Gasteiger partial charge in [0.15, 0.2) is 6.61 Å². The average molecular weight is 297 g/mol. The zero-order chi connectivity index (χ0) is 14.4. The van der Waals surface area contributed by atoms with Gasteiger partial charge in [0, 0.05) is 19.1 Å². The van der Waals surface area contributed by atoms with Crippen molar-refractivity contribution in [3.8, 4) is 5.75 Å². The molecule has 0 aliphatic carbocycles. The van der Waals surface area contributed by atoms with Gasteiger partial charge in [-0.15, -0.1) is 0 Å². The number of hydrogen-bond acceptors (Lipinski definition) is 3. The molecule has 0 saturated carbocycles. The Hall–Kier alpha value is -1.26. The van der Waals surface area contributed by atoms with Crippen LogP contribution in [0.1, 0.15) is 19.8 Å². The molecule has 1 saturated heterocycles. The van der Waals surface area contributed by atoms with Gasteiger partial charge in [0.2, 0.25) is 0 Å². The van der Waals surface area contributed by atoms with Crippen LogP contribution in [-0.4, -0.2) is 43.1 Å². The van der Waals surface area contributed by atoms with Crippen molar-refractivity contribution < 1.29 is 9.53 Å². The Morgan fingerprint density at radius 3 is 2.75 bits per heavy atom. The molecule has 0 spiro atoms. The summed E-state index contributed by atoms with van der Waals surface area (Å²) in [5.74, 6) is 0.463. The highest BCUT2D eigenvalue weighted by molar-refractivity contribution is 6.32. The minimum absolute atomic E-state index is 0.0116. The Bertz CT molecular complexity index is 445. The molecule has 1 aliphatic heterocycles. The molecule has 20 heavy (non-hydrogen) atoms. The van der Waals surface area contributed by atoms with Gasteiger partial charge in [-0.3, -0.25) is 4.79 Å². The molecular weight excluding hydrogens is 276 g/mol. The maximum Gasteiger partial charge on any atom is 0.258 e. The number of para-hydroxylation sites is 1. The summed E-state index contributed by atoms with van der Waals surface area (Å²) >= 11 is 5.97. The Labute approximate surface area is 125 Å². The van der Waals surface area contributed by atoms with Gasteiger partial charge in [0.1, 0.15) is 5.75 Å². The summed E-state index contributed by atoms with van der Waals surface area (Å²) in [7, 11) is 0. The van der Waals surface area contributed by atoms with E-state index in [0.717, 1.165) is 32.5 Å². The molecule has 1 aliphatic rings. The van der Waals surface area contributed by atoms with E-state index in [4.69, 9.17) is 16.3 Å². The van der Waals surface area contributed by atoms with Crippen molar-refractivity contribution in [3.63, 3.8) is 0 Å². The van der Waals surface area contributed by atoms with Gasteiger partial charge in [-0.1, -0.05) is 30.7 Å². The number of carbonyl (C=O) groups is 1. The van der Waals surface area contributed by atoms with E-state index in [1.54, 1.807) is 12.1 Å². The number of hydrogen-bond donors (Lipinski definition) is 1. The van der Waals surface area contributed by atoms with Crippen molar-refractivity contribution in [3.05, 3.63) is 29.3 Å². The van der Waals surface area contributed by atoms with Gasteiger partial charge in [0.05, 0.1) is 5.02 Å². The number of ether oxygens (including phenoxy) is 1. The Balaban J connectivity index is 1.72. The van der Waals surface area contributed by atoms with E-state index in [9.17, 15) is 4.79 Å². The lowest BCUT2D eigenvalue weighted by molar-refractivity contribution is -0.124. The van der Waals surface area contributed by atoms with Crippen molar-refractivity contribution in [2.24, 2.45) is 0 Å². The SMILES string of the molecule is CCN1CCC(NC(=O)COc2ccccc2Cl)CC1. The van der Waals surface area contributed by atoms with Crippen LogP contribution in [0.3, 0.4) is 0 Å². The first-order valence-electron chi connectivity index (χ1n) is 7.08. The molecule has 2 rings (SSSR count). The van der Waals surface area contributed by atoms with Crippen LogP contribution in [0.2, 0.25) is 5.02 Å². The topological polar surface area (TPSA) is 41.6 Å². The van der Waals surface area contributed by atoms with E-state index in [1.165, 1.54) is 0 Å². The van der Waals surface area contributed by atoms with Crippen LogP contribution >= 0.6 is 11.6 Å². The number of likely N-dealkylation sites (tertiary alicyclic amines) is 1. The van der Waals surface area contributed by atoms with Gasteiger partial charge in [-0.05, 0) is 31.5 Å². The van der Waals surface area contributed by atoms with Crippen molar-refractivity contribution in [1.82, 2.24) is 10.2 Å². The number of rotatable bonds is 5. The second-order valence-electron chi connectivity index (χ2n) is 5.00. The summed E-state index contributed by atoms with van der Waals surface area (Å²) in [4.78, 5) is 14.2. The summed E-state index contributed by atoms with van der Waals surface area (Å²) < 4.78 is 5.43. The van der Waals surface area contributed by atoms with E-state index in [-0.39, 0.29) is 18.6 Å². The third kappa shape index (κ3) is 4.39. The fraction of sp³-hybridized carbons (Fsp3) is 0.533. The molecule has 4 nitrogen and oxygen atoms in total. The molecule has 1 heterocycles. The number of amides is 1. The van der Waals surface area contributed by atoms with Crippen LogP contribution in [-0.2, 0) is 4.79 Å². The fourth-order valence-electron chi connectivity index (χ4n) is 2.37. The van der Waals surface area contributed by atoms with Gasteiger partial charge in [-0.2, -0.15) is 0 Å². The van der Waals surface area contributed by atoms with Crippen LogP contribution in [0.4, 0.5) is 0 Å². The molecular formula is C15H21ClN2O2. The quantitative estimate of drug-likeness (QED) is 0.907. The van der Waals surface area contributed by atoms with Crippen LogP contribution in [0, 0.1) is 0 Å². The highest BCUT2D eigenvalue weighted by Gasteiger charge is 2.19. The summed E-state index contributed by atoms with van der Waals surface area (Å²) in [5, 5.41) is 3.54. The van der Waals surface area contributed by atoms with Gasteiger partial charge in [0.25, 0.3) is 5.91 Å². The molecule has 0 bridgehead atoms. The Kier molecular flexibility index (Phi) is 5.68. The van der Waals surface area contributed by atoms with Gasteiger partial charge in [-0.25, -0.2) is 0 Å². The number of carbonyl (C=O) groups excluding carboxylic acids is 1. The third-order valence-corrected chi connectivity index (χ3v) is 3.91. The minimum Gasteiger partial charge on any atom is -0.482 e. The van der Waals surface area contributed by atoms with E-state index < -0.39 is 0 Å². The summed E-state index contributed by atoms with van der Waals surface area (Å²) in [6, 6.07) is 7.43. The molecule has 5 heteroatoms. The number of benzene rings is 1. The van der Waals surface area contributed by atoms with Gasteiger partial charge < -0.3 is 15.0 Å². The molecule has 1 amide bonds. The molecule has 110 valence electrons. The highest BCUT2D eigenvalue weighted by atomic mass is 35.5. The number of piperidine rings is 1. The molecule has 0 radical (unpaired) electrons. The smallest absolute Gasteiger partial charge is 0.258 e. The van der Waals surface area contributed by atoms with Crippen molar-refractivity contribution >= 4 is 17.5 Å². The molecule has 0 unspecified atom stereocenters. The lowest BCUT2D eigenvalue weighted by atomic mass is 10.1. The first-order chi connectivity index (χ1) is 9.69. The van der Waals surface area contributed by atoms with E-state index in [0.29, 0.717) is 10.8 Å². The molecule has 0 atom stereocenters. The van der Waals surface area contributed by atoms with E-state index >= 15 is 0 Å². The molecule has 1 aromatic carbocycles. The Morgan fingerprint density at radius 2 is 2.10 bits per heavy atom. The lowest BCUT2D eigenvalue weighted by Gasteiger charge is -2.31. The van der Waals surface area contributed by atoms with Crippen LogP contribution in [0.5, 0.6) is 5.75 Å². The second-order valence-corrected chi connectivity index (χ2v) is 5.40. The van der Waals surface area contributed by atoms with Crippen molar-refractivity contribution in [1.29, 1.82) is 0 Å². The Morgan fingerprint density at radius 1 is 1.40 bits per heavy atom. The summed E-state index contributed by atoms with van der Waals surface area (Å²) in [6.07, 6.45) is 2.01. The molecule has 1 N–H and O–H groups in total. The molecule has 1 fully saturated rings. The zero-order valence-corrected chi connectivity index (χ0v) is 12.5. The minimum atomic E-state index is -0.0835. The number of halogens is 1. The van der Waals surface area contributed by atoms with Crippen molar-refractivity contribution in [2.75, 3.05) is 26.2 Å². The van der Waals surface area contributed by atoms with E-state index in [1.807, 2.05) is 12.1 Å². The average Bonchev–Trinajstić information content (AvgIpc) is 2.47. The van der Waals surface area contributed by atoms with Crippen LogP contribution in [0.15, 0.2) is 24.3 Å². The highest BCUT2D eigenvalue weighted by Crippen LogP contribution is 2.22. The van der Waals surface area contributed by atoms with Crippen molar-refractivity contribution in [2.45, 2.75) is 25.8 Å². The summed E-state index contributed by atoms with van der Waals surface area (Å²) in [6.45, 7) is 5.35. The van der Waals surface area contributed by atoms with Gasteiger partial charge >= 0.3 is 0 Å². The third-order valence-electron chi connectivity index (χ3n) is 3.60. The fourth-order valence-corrected chi connectivity index (χ4v) is 2.56. The maximum absolute atomic E-state index is 11.9. The second kappa shape index (κ2) is 7.50. The van der Waals surface area contributed by atoms with E-state index in [2.05, 4.69) is 17.1 Å². The van der Waals surface area contributed by atoms with Crippen LogP contribution in [0.25, 0.3) is 0 Å². The monoisotopic (exact) mass is 296 g/mol.